The monoisotopic (exact) mass is 233 g/mol. The average Bonchev–Trinajstić information content (AvgIpc) is 2.17. The van der Waals surface area contributed by atoms with Gasteiger partial charge >= 0.3 is 12.3 Å². The van der Waals surface area contributed by atoms with Gasteiger partial charge in [0.2, 0.25) is 0 Å². The van der Waals surface area contributed by atoms with Gasteiger partial charge in [0, 0.05) is 19.2 Å². The zero-order chi connectivity index (χ0) is 12.6. The minimum absolute atomic E-state index is 0.0451. The number of hydrogen-bond acceptors (Lipinski definition) is 7. The molecule has 7 nitrogen and oxygen atoms in total. The van der Waals surface area contributed by atoms with E-state index in [4.69, 9.17) is 10.5 Å². The first-order chi connectivity index (χ1) is 7.41. The van der Waals surface area contributed by atoms with Crippen molar-refractivity contribution in [2.75, 3.05) is 13.2 Å². The standard InChI is InChI=1S/C9H15NO6/c1-9(2,6-10)16-8(13)15-7(12)14-5-3-4-11/h6,10-11H,3-5H2,1-2H3. The molecule has 92 valence electrons. The maximum absolute atomic E-state index is 11.0. The van der Waals surface area contributed by atoms with Gasteiger partial charge < -0.3 is 24.7 Å². The number of aliphatic hydroxyl groups is 1. The highest BCUT2D eigenvalue weighted by Gasteiger charge is 2.23. The molecule has 0 aromatic rings. The number of carbonyl (C=O) groups excluding carboxylic acids is 2. The van der Waals surface area contributed by atoms with Crippen LogP contribution in [0.5, 0.6) is 0 Å². The molecule has 0 aliphatic carbocycles. The number of hydrogen-bond donors (Lipinski definition) is 2. The summed E-state index contributed by atoms with van der Waals surface area (Å²) in [6, 6.07) is 0. The molecule has 0 unspecified atom stereocenters. The maximum Gasteiger partial charge on any atom is 0.519 e. The van der Waals surface area contributed by atoms with Gasteiger partial charge in [-0.15, -0.1) is 0 Å². The molecule has 0 heterocycles. The molecule has 0 rings (SSSR count). The van der Waals surface area contributed by atoms with Crippen LogP contribution in [-0.4, -0.2) is 42.4 Å². The van der Waals surface area contributed by atoms with Gasteiger partial charge in [-0.3, -0.25) is 0 Å². The smallest absolute Gasteiger partial charge is 0.434 e. The third-order valence-electron chi connectivity index (χ3n) is 1.38. The Morgan fingerprint density at radius 3 is 2.50 bits per heavy atom. The normalized spacial score (nSPS) is 10.4. The average molecular weight is 233 g/mol. The van der Waals surface area contributed by atoms with Crippen LogP contribution >= 0.6 is 0 Å². The molecular formula is C9H15NO6. The lowest BCUT2D eigenvalue weighted by atomic mass is 10.2. The Bertz CT molecular complexity index is 263. The third-order valence-corrected chi connectivity index (χ3v) is 1.38. The number of carbonyl (C=O) groups is 2. The van der Waals surface area contributed by atoms with Gasteiger partial charge in [-0.2, -0.15) is 0 Å². The molecule has 0 aliphatic rings. The van der Waals surface area contributed by atoms with Crippen LogP contribution in [0.1, 0.15) is 20.3 Å². The highest BCUT2D eigenvalue weighted by atomic mass is 16.8. The molecular weight excluding hydrogens is 218 g/mol. The maximum atomic E-state index is 11.0. The predicted molar refractivity (Wildman–Crippen MR) is 53.5 cm³/mol. The van der Waals surface area contributed by atoms with Gasteiger partial charge in [0.25, 0.3) is 0 Å². The molecule has 16 heavy (non-hydrogen) atoms. The van der Waals surface area contributed by atoms with Gasteiger partial charge in [0.1, 0.15) is 5.60 Å². The number of rotatable bonds is 5. The Labute approximate surface area is 92.8 Å². The molecule has 2 N–H and O–H groups in total. The SMILES string of the molecule is CC(C)(C=N)OC(=O)OC(=O)OCCCO. The van der Waals surface area contributed by atoms with Crippen LogP contribution in [0.25, 0.3) is 0 Å². The quantitative estimate of drug-likeness (QED) is 0.318. The summed E-state index contributed by atoms with van der Waals surface area (Å²) in [4.78, 5) is 21.8. The zero-order valence-electron chi connectivity index (χ0n) is 9.19. The fourth-order valence-corrected chi connectivity index (χ4v) is 0.583. The van der Waals surface area contributed by atoms with Gasteiger partial charge in [0.15, 0.2) is 0 Å². The van der Waals surface area contributed by atoms with Crippen molar-refractivity contribution >= 4 is 18.5 Å². The second kappa shape index (κ2) is 6.78. The second-order valence-electron chi connectivity index (χ2n) is 3.38. The summed E-state index contributed by atoms with van der Waals surface area (Å²) in [5.41, 5.74) is -1.14. The highest BCUT2D eigenvalue weighted by Crippen LogP contribution is 2.07. The Balaban J connectivity index is 3.87. The molecule has 0 saturated carbocycles. The van der Waals surface area contributed by atoms with Gasteiger partial charge in [-0.1, -0.05) is 0 Å². The van der Waals surface area contributed by atoms with Crippen LogP contribution < -0.4 is 0 Å². The van der Waals surface area contributed by atoms with Crippen LogP contribution in [0.4, 0.5) is 9.59 Å². The van der Waals surface area contributed by atoms with Crippen LogP contribution in [-0.2, 0) is 14.2 Å². The van der Waals surface area contributed by atoms with E-state index in [-0.39, 0.29) is 19.6 Å². The molecule has 0 amide bonds. The predicted octanol–water partition coefficient (Wildman–Crippen LogP) is 1.09. The second-order valence-corrected chi connectivity index (χ2v) is 3.38. The minimum atomic E-state index is -1.23. The first-order valence-corrected chi connectivity index (χ1v) is 4.61. The summed E-state index contributed by atoms with van der Waals surface area (Å²) in [5, 5.41) is 15.3. The molecule has 0 spiro atoms. The van der Waals surface area contributed by atoms with Crippen LogP contribution in [0.15, 0.2) is 0 Å². The van der Waals surface area contributed by atoms with Gasteiger partial charge in [-0.05, 0) is 13.8 Å². The number of ether oxygens (including phenoxy) is 3. The van der Waals surface area contributed by atoms with E-state index in [0.717, 1.165) is 6.21 Å². The van der Waals surface area contributed by atoms with Crippen LogP contribution in [0.2, 0.25) is 0 Å². The van der Waals surface area contributed by atoms with Crippen molar-refractivity contribution in [3.05, 3.63) is 0 Å². The summed E-state index contributed by atoms with van der Waals surface area (Å²) in [6.07, 6.45) is -1.27. The Morgan fingerprint density at radius 1 is 1.38 bits per heavy atom. The molecule has 7 heteroatoms. The topological polar surface area (TPSA) is 106 Å². The van der Waals surface area contributed by atoms with Crippen molar-refractivity contribution in [1.82, 2.24) is 0 Å². The fraction of sp³-hybridized carbons (Fsp3) is 0.667. The molecule has 0 aromatic heterocycles. The Hall–Kier alpha value is -1.63. The van der Waals surface area contributed by atoms with Gasteiger partial charge in [0.05, 0.1) is 6.61 Å². The van der Waals surface area contributed by atoms with Crippen molar-refractivity contribution < 1.29 is 28.9 Å². The summed E-state index contributed by atoms with van der Waals surface area (Å²) < 4.78 is 13.2. The van der Waals surface area contributed by atoms with Crippen molar-refractivity contribution in [3.8, 4) is 0 Å². The van der Waals surface area contributed by atoms with E-state index in [1.54, 1.807) is 0 Å². The molecule has 0 atom stereocenters. The van der Waals surface area contributed by atoms with Crippen LogP contribution in [0, 0.1) is 5.41 Å². The van der Waals surface area contributed by atoms with E-state index < -0.39 is 17.9 Å². The first kappa shape index (κ1) is 14.4. The highest BCUT2D eigenvalue weighted by molar-refractivity contribution is 5.79. The Kier molecular flexibility index (Phi) is 6.09. The lowest BCUT2D eigenvalue weighted by Crippen LogP contribution is -2.30. The first-order valence-electron chi connectivity index (χ1n) is 4.61. The van der Waals surface area contributed by atoms with Crippen LogP contribution in [0.3, 0.4) is 0 Å². The molecule has 0 saturated heterocycles. The van der Waals surface area contributed by atoms with E-state index >= 15 is 0 Å². The van der Waals surface area contributed by atoms with E-state index in [1.165, 1.54) is 13.8 Å². The number of nitrogens with one attached hydrogen (secondary N) is 1. The van der Waals surface area contributed by atoms with Crippen molar-refractivity contribution in [3.63, 3.8) is 0 Å². The van der Waals surface area contributed by atoms with E-state index in [0.29, 0.717) is 0 Å². The summed E-state index contributed by atoms with van der Waals surface area (Å²) >= 11 is 0. The van der Waals surface area contributed by atoms with E-state index in [2.05, 4.69) is 14.2 Å². The lowest BCUT2D eigenvalue weighted by Gasteiger charge is -2.18. The van der Waals surface area contributed by atoms with E-state index in [1.807, 2.05) is 0 Å². The zero-order valence-corrected chi connectivity index (χ0v) is 9.19. The molecule has 0 fully saturated rings. The van der Waals surface area contributed by atoms with Crippen molar-refractivity contribution in [1.29, 1.82) is 5.41 Å². The molecule has 0 radical (unpaired) electrons. The Morgan fingerprint density at radius 2 is 2.00 bits per heavy atom. The summed E-state index contributed by atoms with van der Waals surface area (Å²) in [6.45, 7) is 2.74. The summed E-state index contributed by atoms with van der Waals surface area (Å²) in [7, 11) is 0. The van der Waals surface area contributed by atoms with Crippen molar-refractivity contribution in [2.24, 2.45) is 0 Å². The molecule has 0 aliphatic heterocycles. The lowest BCUT2D eigenvalue weighted by molar-refractivity contribution is 0.00937. The fourth-order valence-electron chi connectivity index (χ4n) is 0.583. The van der Waals surface area contributed by atoms with Gasteiger partial charge in [-0.25, -0.2) is 9.59 Å². The minimum Gasteiger partial charge on any atom is -0.434 e. The van der Waals surface area contributed by atoms with Crippen molar-refractivity contribution in [2.45, 2.75) is 25.9 Å². The number of aliphatic hydroxyl groups excluding tert-OH is 1. The molecule has 0 bridgehead atoms. The van der Waals surface area contributed by atoms with E-state index in [9.17, 15) is 9.59 Å². The summed E-state index contributed by atoms with van der Waals surface area (Å²) in [5.74, 6) is 0. The molecule has 0 aromatic carbocycles. The largest absolute Gasteiger partial charge is 0.519 e. The third kappa shape index (κ3) is 6.77.